The smallest absolute Gasteiger partial charge is 0.218 e. The normalized spacial score (nSPS) is 29.1. The molecule has 0 radical (unpaired) electrons. The molecule has 90 valence electrons. The number of hydrogen-bond donors (Lipinski definition) is 1. The van der Waals surface area contributed by atoms with Crippen molar-refractivity contribution in [2.24, 2.45) is 0 Å². The van der Waals surface area contributed by atoms with Gasteiger partial charge in [-0.25, -0.2) is 8.42 Å². The largest absolute Gasteiger partial charge is 0.313 e. The van der Waals surface area contributed by atoms with E-state index in [9.17, 15) is 8.42 Å². The van der Waals surface area contributed by atoms with Gasteiger partial charge >= 0.3 is 0 Å². The third-order valence-corrected chi connectivity index (χ3v) is 5.80. The van der Waals surface area contributed by atoms with Crippen LogP contribution in [0.4, 0.5) is 0 Å². The lowest BCUT2D eigenvalue weighted by molar-refractivity contribution is 0.308. The second-order valence-electron chi connectivity index (χ2n) is 4.41. The number of hydrogen-bond acceptors (Lipinski definition) is 4. The molecule has 1 saturated heterocycles. The summed E-state index contributed by atoms with van der Waals surface area (Å²) in [5, 5.41) is 11.8. The van der Waals surface area contributed by atoms with Crippen molar-refractivity contribution in [2.75, 3.05) is 19.6 Å². The zero-order valence-corrected chi connectivity index (χ0v) is 10.0. The summed E-state index contributed by atoms with van der Waals surface area (Å²) < 4.78 is 26.0. The molecule has 0 spiro atoms. The van der Waals surface area contributed by atoms with Crippen molar-refractivity contribution in [1.29, 1.82) is 5.26 Å². The van der Waals surface area contributed by atoms with Crippen LogP contribution in [0.1, 0.15) is 25.7 Å². The van der Waals surface area contributed by atoms with Crippen LogP contribution in [0.25, 0.3) is 0 Å². The maximum atomic E-state index is 12.3. The topological polar surface area (TPSA) is 73.2 Å². The van der Waals surface area contributed by atoms with E-state index in [2.05, 4.69) is 11.4 Å². The van der Waals surface area contributed by atoms with Crippen LogP contribution < -0.4 is 5.32 Å². The number of piperazine rings is 1. The minimum atomic E-state index is -3.25. The Balaban J connectivity index is 2.18. The molecule has 1 aliphatic carbocycles. The van der Waals surface area contributed by atoms with Gasteiger partial charge in [0.25, 0.3) is 0 Å². The first kappa shape index (κ1) is 11.8. The molecule has 1 atom stereocenters. The first-order valence-corrected chi connectivity index (χ1v) is 7.27. The molecule has 5 nitrogen and oxygen atoms in total. The van der Waals surface area contributed by atoms with Gasteiger partial charge in [-0.2, -0.15) is 9.57 Å². The molecular weight excluding hydrogens is 226 g/mol. The summed E-state index contributed by atoms with van der Waals surface area (Å²) in [4.78, 5) is 0. The van der Waals surface area contributed by atoms with Crippen LogP contribution in [0, 0.1) is 11.3 Å². The summed E-state index contributed by atoms with van der Waals surface area (Å²) in [6.45, 7) is 1.52. The monoisotopic (exact) mass is 243 g/mol. The van der Waals surface area contributed by atoms with Crippen LogP contribution in [0.2, 0.25) is 0 Å². The zero-order chi connectivity index (χ0) is 11.6. The summed E-state index contributed by atoms with van der Waals surface area (Å²) in [6, 6.07) is 1.54. The minimum Gasteiger partial charge on any atom is -0.313 e. The highest BCUT2D eigenvalue weighted by molar-refractivity contribution is 7.89. The van der Waals surface area contributed by atoms with E-state index in [0.29, 0.717) is 19.6 Å². The zero-order valence-electron chi connectivity index (χ0n) is 9.22. The highest BCUT2D eigenvalue weighted by atomic mass is 32.2. The molecule has 1 heterocycles. The Labute approximate surface area is 96.5 Å². The van der Waals surface area contributed by atoms with Crippen LogP contribution in [-0.4, -0.2) is 43.6 Å². The maximum absolute atomic E-state index is 12.3. The maximum Gasteiger partial charge on any atom is 0.218 e. The summed E-state index contributed by atoms with van der Waals surface area (Å²) in [5.41, 5.74) is 0. The second-order valence-corrected chi connectivity index (χ2v) is 6.58. The molecule has 1 aliphatic heterocycles. The Morgan fingerprint density at radius 3 is 2.62 bits per heavy atom. The van der Waals surface area contributed by atoms with Crippen LogP contribution >= 0.6 is 0 Å². The fourth-order valence-electron chi connectivity index (χ4n) is 2.48. The van der Waals surface area contributed by atoms with Gasteiger partial charge in [0.1, 0.15) is 6.04 Å². The first-order valence-electron chi connectivity index (χ1n) is 5.77. The lowest BCUT2D eigenvalue weighted by atomic mass is 10.3. The predicted molar refractivity (Wildman–Crippen MR) is 60.2 cm³/mol. The molecule has 2 rings (SSSR count). The van der Waals surface area contributed by atoms with E-state index < -0.39 is 16.1 Å². The van der Waals surface area contributed by atoms with Gasteiger partial charge in [-0.05, 0) is 12.8 Å². The molecule has 0 aromatic rings. The van der Waals surface area contributed by atoms with Crippen LogP contribution in [0.15, 0.2) is 0 Å². The minimum absolute atomic E-state index is 0.249. The lowest BCUT2D eigenvalue weighted by Crippen LogP contribution is -2.54. The van der Waals surface area contributed by atoms with Gasteiger partial charge in [-0.1, -0.05) is 12.8 Å². The van der Waals surface area contributed by atoms with E-state index in [0.717, 1.165) is 25.7 Å². The Morgan fingerprint density at radius 1 is 1.31 bits per heavy atom. The van der Waals surface area contributed by atoms with E-state index in [1.807, 2.05) is 0 Å². The first-order chi connectivity index (χ1) is 7.66. The fraction of sp³-hybridized carbons (Fsp3) is 0.900. The fourth-order valence-corrected chi connectivity index (χ4v) is 4.61. The standard InChI is InChI=1S/C10H17N3O2S/c11-7-9-8-12-5-6-13(9)16(14,15)10-3-1-2-4-10/h9-10,12H,1-6,8H2. The van der Waals surface area contributed by atoms with Gasteiger partial charge in [0, 0.05) is 19.6 Å². The van der Waals surface area contributed by atoms with Gasteiger partial charge in [-0.15, -0.1) is 0 Å². The van der Waals surface area contributed by atoms with E-state index in [-0.39, 0.29) is 5.25 Å². The number of sulfonamides is 1. The summed E-state index contributed by atoms with van der Waals surface area (Å²) in [6.07, 6.45) is 3.50. The summed E-state index contributed by atoms with van der Waals surface area (Å²) in [7, 11) is -3.25. The average Bonchev–Trinajstić information content (AvgIpc) is 2.83. The molecule has 0 amide bonds. The van der Waals surface area contributed by atoms with Gasteiger partial charge in [0.2, 0.25) is 10.0 Å². The van der Waals surface area contributed by atoms with Gasteiger partial charge in [0.05, 0.1) is 11.3 Å². The molecule has 0 bridgehead atoms. The van der Waals surface area contributed by atoms with Crippen molar-refractivity contribution in [2.45, 2.75) is 37.0 Å². The van der Waals surface area contributed by atoms with Crippen molar-refractivity contribution in [3.05, 3.63) is 0 Å². The molecule has 1 saturated carbocycles. The molecule has 0 aromatic heterocycles. The molecular formula is C10H17N3O2S. The van der Waals surface area contributed by atoms with Crippen molar-refractivity contribution < 1.29 is 8.42 Å². The van der Waals surface area contributed by atoms with Crippen LogP contribution in [-0.2, 0) is 10.0 Å². The van der Waals surface area contributed by atoms with Gasteiger partial charge < -0.3 is 5.32 Å². The molecule has 16 heavy (non-hydrogen) atoms. The summed E-state index contributed by atoms with van der Waals surface area (Å²) >= 11 is 0. The molecule has 0 aromatic carbocycles. The quantitative estimate of drug-likeness (QED) is 0.744. The van der Waals surface area contributed by atoms with Gasteiger partial charge in [0.15, 0.2) is 0 Å². The van der Waals surface area contributed by atoms with Crippen molar-refractivity contribution in [1.82, 2.24) is 9.62 Å². The second kappa shape index (κ2) is 4.70. The van der Waals surface area contributed by atoms with Crippen LogP contribution in [0.3, 0.4) is 0 Å². The molecule has 6 heteroatoms. The Kier molecular flexibility index (Phi) is 3.47. The third kappa shape index (κ3) is 2.08. The predicted octanol–water partition coefficient (Wildman–Crippen LogP) is 0.0562. The Morgan fingerprint density at radius 2 is 2.00 bits per heavy atom. The number of nitrogens with one attached hydrogen (secondary N) is 1. The number of nitriles is 1. The number of rotatable bonds is 2. The van der Waals surface area contributed by atoms with E-state index in [4.69, 9.17) is 5.26 Å². The summed E-state index contributed by atoms with van der Waals surface area (Å²) in [5.74, 6) is 0. The average molecular weight is 243 g/mol. The Bertz CT molecular complexity index is 381. The molecule has 2 fully saturated rings. The highest BCUT2D eigenvalue weighted by Crippen LogP contribution is 2.28. The van der Waals surface area contributed by atoms with Crippen molar-refractivity contribution >= 4 is 10.0 Å². The van der Waals surface area contributed by atoms with Crippen LogP contribution in [0.5, 0.6) is 0 Å². The third-order valence-electron chi connectivity index (χ3n) is 3.39. The molecule has 2 aliphatic rings. The highest BCUT2D eigenvalue weighted by Gasteiger charge is 2.38. The SMILES string of the molecule is N#CC1CNCCN1S(=O)(=O)C1CCCC1. The number of nitrogens with zero attached hydrogens (tertiary/aromatic N) is 2. The van der Waals surface area contributed by atoms with Gasteiger partial charge in [-0.3, -0.25) is 0 Å². The van der Waals surface area contributed by atoms with Crippen molar-refractivity contribution in [3.8, 4) is 6.07 Å². The van der Waals surface area contributed by atoms with E-state index in [1.54, 1.807) is 0 Å². The lowest BCUT2D eigenvalue weighted by Gasteiger charge is -2.32. The molecule has 1 N–H and O–H groups in total. The Hall–Kier alpha value is -0.640. The van der Waals surface area contributed by atoms with Crippen molar-refractivity contribution in [3.63, 3.8) is 0 Å². The van der Waals surface area contributed by atoms with E-state index >= 15 is 0 Å². The van der Waals surface area contributed by atoms with E-state index in [1.165, 1.54) is 4.31 Å². The molecule has 1 unspecified atom stereocenters.